The second kappa shape index (κ2) is 6.04. The molecule has 1 aromatic heterocycles. The highest BCUT2D eigenvalue weighted by Gasteiger charge is 2.28. The van der Waals surface area contributed by atoms with Crippen molar-refractivity contribution in [1.82, 2.24) is 10.2 Å². The number of anilines is 1. The lowest BCUT2D eigenvalue weighted by Gasteiger charge is -2.38. The highest BCUT2D eigenvalue weighted by Crippen LogP contribution is 2.33. The molecule has 2 rings (SSSR count). The van der Waals surface area contributed by atoms with Crippen LogP contribution < -0.4 is 10.6 Å². The summed E-state index contributed by atoms with van der Waals surface area (Å²) in [5.74, 6) is 0.506. The first-order valence-electron chi connectivity index (χ1n) is 6.25. The number of nitrogens with zero attached hydrogens (tertiary/aromatic N) is 3. The molecule has 0 aliphatic heterocycles. The van der Waals surface area contributed by atoms with Gasteiger partial charge in [0.05, 0.1) is 5.69 Å². The Morgan fingerprint density at radius 2 is 2.06 bits per heavy atom. The molecule has 18 heavy (non-hydrogen) atoms. The Kier molecular flexibility index (Phi) is 4.65. The smallest absolute Gasteiger partial charge is 0.175 e. The van der Waals surface area contributed by atoms with Crippen molar-refractivity contribution >= 4 is 28.9 Å². The van der Waals surface area contributed by atoms with Gasteiger partial charge >= 0.3 is 0 Å². The molecule has 0 saturated heterocycles. The van der Waals surface area contributed by atoms with Crippen LogP contribution in [-0.4, -0.2) is 29.8 Å². The van der Waals surface area contributed by atoms with Crippen LogP contribution >= 0.6 is 23.2 Å². The van der Waals surface area contributed by atoms with E-state index < -0.39 is 0 Å². The van der Waals surface area contributed by atoms with Crippen LogP contribution in [0.1, 0.15) is 25.7 Å². The molecule has 2 N–H and O–H groups in total. The minimum Gasteiger partial charge on any atom is -0.369 e. The minimum atomic E-state index is 0.362. The van der Waals surface area contributed by atoms with Gasteiger partial charge in [-0.25, -0.2) is 0 Å². The number of nitrogens with two attached hydrogens (primary N) is 1. The van der Waals surface area contributed by atoms with Crippen LogP contribution in [-0.2, 0) is 0 Å². The largest absolute Gasteiger partial charge is 0.369 e. The van der Waals surface area contributed by atoms with Gasteiger partial charge in [-0.2, -0.15) is 0 Å². The zero-order valence-electron chi connectivity index (χ0n) is 10.4. The summed E-state index contributed by atoms with van der Waals surface area (Å²) >= 11 is 12.0. The summed E-state index contributed by atoms with van der Waals surface area (Å²) in [4.78, 5) is 2.15. The van der Waals surface area contributed by atoms with Crippen LogP contribution in [0.4, 0.5) is 5.69 Å². The van der Waals surface area contributed by atoms with Gasteiger partial charge in [-0.15, -0.1) is 10.2 Å². The average Bonchev–Trinajstić information content (AvgIpc) is 2.40. The van der Waals surface area contributed by atoms with E-state index in [0.717, 1.165) is 12.1 Å². The summed E-state index contributed by atoms with van der Waals surface area (Å²) in [6.45, 7) is 0.707. The maximum Gasteiger partial charge on any atom is 0.175 e. The van der Waals surface area contributed by atoms with E-state index in [1.165, 1.54) is 19.3 Å². The molecule has 0 bridgehead atoms. The van der Waals surface area contributed by atoms with Crippen LogP contribution in [0.5, 0.6) is 0 Å². The maximum absolute atomic E-state index is 6.10. The Balaban J connectivity index is 2.23. The molecule has 0 radical (unpaired) electrons. The first-order valence-corrected chi connectivity index (χ1v) is 7.00. The fraction of sp³-hybridized carbons (Fsp3) is 0.667. The summed E-state index contributed by atoms with van der Waals surface area (Å²) in [6, 6.07) is 2.17. The van der Waals surface area contributed by atoms with Crippen molar-refractivity contribution in [3.05, 3.63) is 16.4 Å². The third kappa shape index (κ3) is 2.87. The van der Waals surface area contributed by atoms with E-state index >= 15 is 0 Å². The summed E-state index contributed by atoms with van der Waals surface area (Å²) in [7, 11) is 2.03. The lowest BCUT2D eigenvalue weighted by atomic mass is 9.83. The third-order valence-electron chi connectivity index (χ3n) is 3.75. The van der Waals surface area contributed by atoms with Crippen molar-refractivity contribution < 1.29 is 0 Å². The normalized spacial score (nSPS) is 24.0. The second-order valence-corrected chi connectivity index (χ2v) is 5.55. The van der Waals surface area contributed by atoms with Gasteiger partial charge in [-0.1, -0.05) is 36.0 Å². The number of hydrogen-bond acceptors (Lipinski definition) is 4. The van der Waals surface area contributed by atoms with E-state index in [1.807, 2.05) is 7.05 Å². The highest BCUT2D eigenvalue weighted by molar-refractivity contribution is 6.33. The second-order valence-electron chi connectivity index (χ2n) is 4.80. The predicted octanol–water partition coefficient (Wildman–Crippen LogP) is 2.74. The van der Waals surface area contributed by atoms with E-state index in [0.29, 0.717) is 28.8 Å². The first-order chi connectivity index (χ1) is 8.63. The Morgan fingerprint density at radius 3 is 2.78 bits per heavy atom. The lowest BCUT2D eigenvalue weighted by molar-refractivity contribution is 0.306. The molecule has 1 fully saturated rings. The average molecular weight is 289 g/mol. The molecule has 1 heterocycles. The number of rotatable bonds is 3. The predicted molar refractivity (Wildman–Crippen MR) is 75.3 cm³/mol. The van der Waals surface area contributed by atoms with E-state index in [4.69, 9.17) is 28.9 Å². The fourth-order valence-corrected chi connectivity index (χ4v) is 3.11. The molecule has 100 valence electrons. The molecule has 1 aromatic rings. The molecule has 6 heteroatoms. The van der Waals surface area contributed by atoms with E-state index in [1.54, 1.807) is 6.07 Å². The van der Waals surface area contributed by atoms with Crippen LogP contribution in [0.25, 0.3) is 0 Å². The summed E-state index contributed by atoms with van der Waals surface area (Å²) in [5.41, 5.74) is 6.70. The van der Waals surface area contributed by atoms with Gasteiger partial charge in [-0.05, 0) is 25.3 Å². The molecular formula is C12H18Cl2N4. The van der Waals surface area contributed by atoms with Crippen molar-refractivity contribution in [3.8, 4) is 0 Å². The SMILES string of the molecule is CN(c1cc(Cl)nnc1Cl)C1CCCCC1CN. The van der Waals surface area contributed by atoms with Crippen LogP contribution in [0.3, 0.4) is 0 Å². The summed E-state index contributed by atoms with van der Waals surface area (Å²) in [5, 5.41) is 8.35. The van der Waals surface area contributed by atoms with Crippen molar-refractivity contribution in [2.45, 2.75) is 31.7 Å². The summed E-state index contributed by atoms with van der Waals surface area (Å²) < 4.78 is 0. The molecule has 2 unspecified atom stereocenters. The minimum absolute atomic E-state index is 0.362. The lowest BCUT2D eigenvalue weighted by Crippen LogP contribution is -2.43. The molecule has 4 nitrogen and oxygen atoms in total. The van der Waals surface area contributed by atoms with Crippen LogP contribution in [0.2, 0.25) is 10.3 Å². The summed E-state index contributed by atoms with van der Waals surface area (Å²) in [6.07, 6.45) is 4.80. The molecule has 1 aliphatic carbocycles. The fourth-order valence-electron chi connectivity index (χ4n) is 2.74. The number of hydrogen-bond donors (Lipinski definition) is 1. The molecule has 0 aromatic carbocycles. The van der Waals surface area contributed by atoms with Gasteiger partial charge in [0.1, 0.15) is 0 Å². The van der Waals surface area contributed by atoms with Crippen molar-refractivity contribution in [2.24, 2.45) is 11.7 Å². The Morgan fingerprint density at radius 1 is 1.33 bits per heavy atom. The zero-order valence-corrected chi connectivity index (χ0v) is 12.0. The van der Waals surface area contributed by atoms with Crippen molar-refractivity contribution in [2.75, 3.05) is 18.5 Å². The van der Waals surface area contributed by atoms with Crippen molar-refractivity contribution in [1.29, 1.82) is 0 Å². The molecule has 2 atom stereocenters. The van der Waals surface area contributed by atoms with Gasteiger partial charge in [-0.3, -0.25) is 0 Å². The molecule has 1 saturated carbocycles. The van der Waals surface area contributed by atoms with Gasteiger partial charge in [0, 0.05) is 19.2 Å². The molecule has 0 amide bonds. The Bertz CT molecular complexity index is 413. The standard InChI is InChI=1S/C12H18Cl2N4/c1-18(9-5-3-2-4-8(9)7-15)10-6-11(13)16-17-12(10)14/h6,8-9H,2-5,7,15H2,1H3. The number of aromatic nitrogens is 2. The van der Waals surface area contributed by atoms with E-state index in [-0.39, 0.29) is 0 Å². The Labute approximate surface area is 117 Å². The van der Waals surface area contributed by atoms with Gasteiger partial charge < -0.3 is 10.6 Å². The first kappa shape index (κ1) is 13.8. The van der Waals surface area contributed by atoms with Gasteiger partial charge in [0.2, 0.25) is 0 Å². The van der Waals surface area contributed by atoms with Crippen LogP contribution in [0.15, 0.2) is 6.07 Å². The highest BCUT2D eigenvalue weighted by atomic mass is 35.5. The van der Waals surface area contributed by atoms with Gasteiger partial charge in [0.15, 0.2) is 10.3 Å². The maximum atomic E-state index is 6.10. The van der Waals surface area contributed by atoms with Gasteiger partial charge in [0.25, 0.3) is 0 Å². The zero-order chi connectivity index (χ0) is 13.1. The van der Waals surface area contributed by atoms with E-state index in [9.17, 15) is 0 Å². The Hall–Kier alpha value is -0.580. The quantitative estimate of drug-likeness (QED) is 0.929. The number of halogens is 2. The topological polar surface area (TPSA) is 55.0 Å². The molecule has 1 aliphatic rings. The van der Waals surface area contributed by atoms with E-state index in [2.05, 4.69) is 15.1 Å². The third-order valence-corrected chi connectivity index (χ3v) is 4.20. The molecule has 0 spiro atoms. The monoisotopic (exact) mass is 288 g/mol. The van der Waals surface area contributed by atoms with Crippen molar-refractivity contribution in [3.63, 3.8) is 0 Å². The molecular weight excluding hydrogens is 271 g/mol. The van der Waals surface area contributed by atoms with Crippen LogP contribution in [0, 0.1) is 5.92 Å².